The molecule has 1 rings (SSSR count). The SMILES string of the molecule is CCN(CCN)Cc1ccc(C)c(F)c1. The van der Waals surface area contributed by atoms with Gasteiger partial charge in [-0.25, -0.2) is 4.39 Å². The number of likely N-dealkylation sites (N-methyl/N-ethyl adjacent to an activating group) is 1. The van der Waals surface area contributed by atoms with E-state index in [1.807, 2.05) is 12.1 Å². The molecule has 0 aromatic heterocycles. The van der Waals surface area contributed by atoms with Crippen molar-refractivity contribution < 1.29 is 4.39 Å². The normalized spacial score (nSPS) is 11.0. The molecule has 84 valence electrons. The zero-order chi connectivity index (χ0) is 11.3. The van der Waals surface area contributed by atoms with Crippen LogP contribution in [0.4, 0.5) is 4.39 Å². The fourth-order valence-corrected chi connectivity index (χ4v) is 1.52. The number of rotatable bonds is 5. The van der Waals surface area contributed by atoms with Crippen LogP contribution in [0.15, 0.2) is 18.2 Å². The first-order chi connectivity index (χ1) is 7.17. The van der Waals surface area contributed by atoms with Gasteiger partial charge in [0.15, 0.2) is 0 Å². The van der Waals surface area contributed by atoms with Gasteiger partial charge in [-0.1, -0.05) is 19.1 Å². The smallest absolute Gasteiger partial charge is 0.126 e. The quantitative estimate of drug-likeness (QED) is 0.804. The van der Waals surface area contributed by atoms with Gasteiger partial charge >= 0.3 is 0 Å². The Labute approximate surface area is 90.9 Å². The van der Waals surface area contributed by atoms with E-state index in [9.17, 15) is 4.39 Å². The number of nitrogens with zero attached hydrogens (tertiary/aromatic N) is 1. The van der Waals surface area contributed by atoms with Gasteiger partial charge in [0.2, 0.25) is 0 Å². The van der Waals surface area contributed by atoms with Crippen molar-refractivity contribution in [1.29, 1.82) is 0 Å². The lowest BCUT2D eigenvalue weighted by atomic mass is 10.1. The van der Waals surface area contributed by atoms with Crippen LogP contribution in [0, 0.1) is 12.7 Å². The van der Waals surface area contributed by atoms with Crippen molar-refractivity contribution in [3.05, 3.63) is 35.1 Å². The van der Waals surface area contributed by atoms with Crippen LogP contribution >= 0.6 is 0 Å². The standard InChI is InChI=1S/C12H19FN2/c1-3-15(7-6-14)9-11-5-4-10(2)12(13)8-11/h4-5,8H,3,6-7,9,14H2,1-2H3. The molecule has 0 aliphatic carbocycles. The highest BCUT2D eigenvalue weighted by Crippen LogP contribution is 2.11. The van der Waals surface area contributed by atoms with Crippen molar-refractivity contribution in [3.8, 4) is 0 Å². The molecule has 1 aromatic rings. The minimum atomic E-state index is -0.128. The van der Waals surface area contributed by atoms with Gasteiger partial charge in [0.05, 0.1) is 0 Å². The van der Waals surface area contributed by atoms with E-state index in [0.29, 0.717) is 12.1 Å². The molecule has 0 spiro atoms. The lowest BCUT2D eigenvalue weighted by Gasteiger charge is -2.19. The van der Waals surface area contributed by atoms with Gasteiger partial charge in [0, 0.05) is 19.6 Å². The van der Waals surface area contributed by atoms with E-state index in [1.165, 1.54) is 0 Å². The van der Waals surface area contributed by atoms with E-state index in [4.69, 9.17) is 5.73 Å². The van der Waals surface area contributed by atoms with Crippen LogP contribution in [0.2, 0.25) is 0 Å². The van der Waals surface area contributed by atoms with Crippen LogP contribution in [0.1, 0.15) is 18.1 Å². The first-order valence-corrected chi connectivity index (χ1v) is 5.34. The molecule has 2 nitrogen and oxygen atoms in total. The molecule has 0 saturated heterocycles. The number of aryl methyl sites for hydroxylation is 1. The van der Waals surface area contributed by atoms with Crippen molar-refractivity contribution in [1.82, 2.24) is 4.90 Å². The second-order valence-electron chi connectivity index (χ2n) is 3.74. The summed E-state index contributed by atoms with van der Waals surface area (Å²) in [6, 6.07) is 5.40. The maximum Gasteiger partial charge on any atom is 0.126 e. The third kappa shape index (κ3) is 3.61. The summed E-state index contributed by atoms with van der Waals surface area (Å²) in [6.07, 6.45) is 0. The highest BCUT2D eigenvalue weighted by atomic mass is 19.1. The van der Waals surface area contributed by atoms with Gasteiger partial charge in [-0.2, -0.15) is 0 Å². The molecule has 0 unspecified atom stereocenters. The van der Waals surface area contributed by atoms with Crippen LogP contribution in [0.5, 0.6) is 0 Å². The van der Waals surface area contributed by atoms with E-state index in [0.717, 1.165) is 25.2 Å². The summed E-state index contributed by atoms with van der Waals surface area (Å²) in [4.78, 5) is 2.20. The van der Waals surface area contributed by atoms with Crippen molar-refractivity contribution >= 4 is 0 Å². The van der Waals surface area contributed by atoms with Gasteiger partial charge in [0.25, 0.3) is 0 Å². The summed E-state index contributed by atoms with van der Waals surface area (Å²) < 4.78 is 13.3. The highest BCUT2D eigenvalue weighted by molar-refractivity contribution is 5.23. The molecule has 0 saturated carbocycles. The fourth-order valence-electron chi connectivity index (χ4n) is 1.52. The number of halogens is 1. The molecule has 0 radical (unpaired) electrons. The topological polar surface area (TPSA) is 29.3 Å². The van der Waals surface area contributed by atoms with Crippen molar-refractivity contribution in [2.45, 2.75) is 20.4 Å². The highest BCUT2D eigenvalue weighted by Gasteiger charge is 2.04. The van der Waals surface area contributed by atoms with E-state index in [-0.39, 0.29) is 5.82 Å². The lowest BCUT2D eigenvalue weighted by molar-refractivity contribution is 0.288. The fraction of sp³-hybridized carbons (Fsp3) is 0.500. The largest absolute Gasteiger partial charge is 0.329 e. The van der Waals surface area contributed by atoms with Gasteiger partial charge in [-0.05, 0) is 30.7 Å². The molecule has 1 aromatic carbocycles. The van der Waals surface area contributed by atoms with Crippen LogP contribution in [0.25, 0.3) is 0 Å². The van der Waals surface area contributed by atoms with Crippen molar-refractivity contribution in [2.75, 3.05) is 19.6 Å². The minimum absolute atomic E-state index is 0.128. The zero-order valence-corrected chi connectivity index (χ0v) is 9.46. The number of hydrogen-bond donors (Lipinski definition) is 1. The Morgan fingerprint density at radius 2 is 2.13 bits per heavy atom. The molecular formula is C12H19FN2. The average molecular weight is 210 g/mol. The first kappa shape index (κ1) is 12.1. The molecule has 0 aliphatic rings. The second kappa shape index (κ2) is 5.83. The van der Waals surface area contributed by atoms with E-state index in [2.05, 4.69) is 11.8 Å². The molecule has 0 atom stereocenters. The van der Waals surface area contributed by atoms with Crippen molar-refractivity contribution in [3.63, 3.8) is 0 Å². The Morgan fingerprint density at radius 1 is 1.40 bits per heavy atom. The van der Waals surface area contributed by atoms with Gasteiger partial charge in [-0.3, -0.25) is 4.90 Å². The molecule has 0 aliphatic heterocycles. The minimum Gasteiger partial charge on any atom is -0.329 e. The summed E-state index contributed by atoms with van der Waals surface area (Å²) in [5, 5.41) is 0. The van der Waals surface area contributed by atoms with Gasteiger partial charge in [0.1, 0.15) is 5.82 Å². The molecular weight excluding hydrogens is 191 g/mol. The number of nitrogens with two attached hydrogens (primary N) is 1. The monoisotopic (exact) mass is 210 g/mol. The second-order valence-corrected chi connectivity index (χ2v) is 3.74. The maximum atomic E-state index is 13.3. The van der Waals surface area contributed by atoms with E-state index in [1.54, 1.807) is 13.0 Å². The Morgan fingerprint density at radius 3 is 2.67 bits per heavy atom. The molecule has 0 fully saturated rings. The molecule has 2 N–H and O–H groups in total. The van der Waals surface area contributed by atoms with Gasteiger partial charge < -0.3 is 5.73 Å². The third-order valence-electron chi connectivity index (χ3n) is 2.53. The summed E-state index contributed by atoms with van der Waals surface area (Å²) in [5.74, 6) is -0.128. The van der Waals surface area contributed by atoms with Crippen LogP contribution in [-0.4, -0.2) is 24.5 Å². The molecule has 0 bridgehead atoms. The Hall–Kier alpha value is -0.930. The van der Waals surface area contributed by atoms with E-state index < -0.39 is 0 Å². The maximum absolute atomic E-state index is 13.3. The zero-order valence-electron chi connectivity index (χ0n) is 9.46. The summed E-state index contributed by atoms with van der Waals surface area (Å²) in [7, 11) is 0. The Bertz CT molecular complexity index is 312. The van der Waals surface area contributed by atoms with Crippen LogP contribution < -0.4 is 5.73 Å². The van der Waals surface area contributed by atoms with Crippen LogP contribution in [0.3, 0.4) is 0 Å². The average Bonchev–Trinajstić information content (AvgIpc) is 2.23. The number of hydrogen-bond acceptors (Lipinski definition) is 2. The molecule has 0 amide bonds. The molecule has 15 heavy (non-hydrogen) atoms. The summed E-state index contributed by atoms with van der Waals surface area (Å²) in [6.45, 7) is 7.06. The third-order valence-corrected chi connectivity index (χ3v) is 2.53. The summed E-state index contributed by atoms with van der Waals surface area (Å²) in [5.41, 5.74) is 7.20. The Balaban J connectivity index is 2.66. The molecule has 0 heterocycles. The predicted molar refractivity (Wildman–Crippen MR) is 61.1 cm³/mol. The van der Waals surface area contributed by atoms with Crippen molar-refractivity contribution in [2.24, 2.45) is 5.73 Å². The molecule has 3 heteroatoms. The van der Waals surface area contributed by atoms with Crippen LogP contribution in [-0.2, 0) is 6.54 Å². The van der Waals surface area contributed by atoms with E-state index >= 15 is 0 Å². The Kier molecular flexibility index (Phi) is 4.72. The summed E-state index contributed by atoms with van der Waals surface area (Å²) >= 11 is 0. The lowest BCUT2D eigenvalue weighted by Crippen LogP contribution is -2.28. The predicted octanol–water partition coefficient (Wildman–Crippen LogP) is 1.91. The number of benzene rings is 1. The first-order valence-electron chi connectivity index (χ1n) is 5.34. The van der Waals surface area contributed by atoms with Gasteiger partial charge in [-0.15, -0.1) is 0 Å².